The molecule has 0 heterocycles. The number of nitrogen functional groups attached to an aromatic ring is 2. The molecule has 0 bridgehead atoms. The summed E-state index contributed by atoms with van der Waals surface area (Å²) in [5.74, 6) is -0.0916. The maximum Gasteiger partial charge on any atom is 0.163 e. The number of ketones is 2. The summed E-state index contributed by atoms with van der Waals surface area (Å²) < 4.78 is 0. The monoisotopic (exact) mass is 420 g/mol. The first-order valence-electron chi connectivity index (χ1n) is 10.5. The topological polar surface area (TPSA) is 86.2 Å². The zero-order valence-electron chi connectivity index (χ0n) is 17.6. The lowest BCUT2D eigenvalue weighted by molar-refractivity contribution is 0.0917. The van der Waals surface area contributed by atoms with Crippen molar-refractivity contribution in [3.05, 3.63) is 108 Å². The lowest BCUT2D eigenvalue weighted by atomic mass is 9.91. The average Bonchev–Trinajstić information content (AvgIpc) is 2.83. The predicted octanol–water partition coefficient (Wildman–Crippen LogP) is 6.03. The molecule has 0 saturated carbocycles. The van der Waals surface area contributed by atoms with Crippen LogP contribution in [0.25, 0.3) is 22.3 Å². The Labute approximate surface area is 187 Å². The van der Waals surface area contributed by atoms with Gasteiger partial charge in [-0.05, 0) is 52.6 Å². The van der Waals surface area contributed by atoms with Crippen molar-refractivity contribution in [3.63, 3.8) is 0 Å². The molecular weight excluding hydrogens is 396 g/mol. The van der Waals surface area contributed by atoms with Crippen molar-refractivity contribution >= 4 is 22.9 Å². The van der Waals surface area contributed by atoms with Crippen LogP contribution in [0, 0.1) is 0 Å². The molecule has 0 spiro atoms. The fourth-order valence-electron chi connectivity index (χ4n) is 3.67. The molecule has 0 atom stereocenters. The second-order valence-corrected chi connectivity index (χ2v) is 7.72. The van der Waals surface area contributed by atoms with Gasteiger partial charge < -0.3 is 11.5 Å². The zero-order chi connectivity index (χ0) is 22.5. The number of nitrogens with two attached hydrogens (primary N) is 2. The summed E-state index contributed by atoms with van der Waals surface area (Å²) in [6, 6.07) is 29.9. The van der Waals surface area contributed by atoms with Gasteiger partial charge in [0, 0.05) is 35.3 Å². The highest BCUT2D eigenvalue weighted by atomic mass is 16.1. The Kier molecular flexibility index (Phi) is 6.13. The van der Waals surface area contributed by atoms with Crippen LogP contribution in [0.2, 0.25) is 0 Å². The molecule has 0 aromatic heterocycles. The number of carbonyl (C=O) groups is 2. The third-order valence-electron chi connectivity index (χ3n) is 5.46. The number of hydrogen-bond acceptors (Lipinski definition) is 4. The molecule has 0 amide bonds. The molecule has 0 aliphatic rings. The van der Waals surface area contributed by atoms with E-state index in [1.54, 1.807) is 12.1 Å². The summed E-state index contributed by atoms with van der Waals surface area (Å²) in [6.45, 7) is 0. The van der Waals surface area contributed by atoms with Gasteiger partial charge in [0.15, 0.2) is 11.6 Å². The SMILES string of the molecule is Nc1ccc(-c2ccc(C(=O)CCC(=O)c3ccccc3)cc2-c2ccc(N)cc2)cc1. The van der Waals surface area contributed by atoms with Crippen molar-refractivity contribution < 1.29 is 9.59 Å². The van der Waals surface area contributed by atoms with Gasteiger partial charge in [-0.25, -0.2) is 0 Å². The standard InChI is InChI=1S/C28H24N2O2/c29-23-11-6-19(7-12-23)25-15-10-22(18-26(25)20-8-13-24(30)14-9-20)28(32)17-16-27(31)21-4-2-1-3-5-21/h1-15,18H,16-17,29-30H2. The lowest BCUT2D eigenvalue weighted by Crippen LogP contribution is -2.05. The molecule has 4 aromatic carbocycles. The van der Waals surface area contributed by atoms with Gasteiger partial charge in [0.05, 0.1) is 0 Å². The normalized spacial score (nSPS) is 10.6. The summed E-state index contributed by atoms with van der Waals surface area (Å²) >= 11 is 0. The van der Waals surface area contributed by atoms with Crippen LogP contribution in [-0.4, -0.2) is 11.6 Å². The molecular formula is C28H24N2O2. The number of hydrogen-bond donors (Lipinski definition) is 2. The first kappa shape index (κ1) is 21.1. The fraction of sp³-hybridized carbons (Fsp3) is 0.0714. The first-order valence-corrected chi connectivity index (χ1v) is 10.5. The largest absolute Gasteiger partial charge is 0.399 e. The number of anilines is 2. The number of benzene rings is 4. The van der Waals surface area contributed by atoms with Crippen LogP contribution in [0.1, 0.15) is 33.6 Å². The van der Waals surface area contributed by atoms with Gasteiger partial charge in [-0.15, -0.1) is 0 Å². The van der Waals surface area contributed by atoms with Crippen molar-refractivity contribution in [1.82, 2.24) is 0 Å². The Bertz CT molecular complexity index is 1250. The van der Waals surface area contributed by atoms with Crippen LogP contribution in [0.4, 0.5) is 11.4 Å². The molecule has 32 heavy (non-hydrogen) atoms. The maximum absolute atomic E-state index is 12.9. The van der Waals surface area contributed by atoms with Crippen LogP contribution >= 0.6 is 0 Å². The summed E-state index contributed by atoms with van der Waals surface area (Å²) in [5.41, 5.74) is 18.2. The summed E-state index contributed by atoms with van der Waals surface area (Å²) in [5, 5.41) is 0. The van der Waals surface area contributed by atoms with E-state index in [0.717, 1.165) is 22.3 Å². The molecule has 0 radical (unpaired) electrons. The fourth-order valence-corrected chi connectivity index (χ4v) is 3.67. The van der Waals surface area contributed by atoms with Gasteiger partial charge in [-0.2, -0.15) is 0 Å². The predicted molar refractivity (Wildman–Crippen MR) is 130 cm³/mol. The molecule has 0 aliphatic heterocycles. The second-order valence-electron chi connectivity index (χ2n) is 7.72. The van der Waals surface area contributed by atoms with Gasteiger partial charge in [0.1, 0.15) is 0 Å². The number of Topliss-reactive ketones (excluding diaryl/α,β-unsaturated/α-hetero) is 2. The Morgan fingerprint density at radius 1 is 0.531 bits per heavy atom. The van der Waals surface area contributed by atoms with E-state index >= 15 is 0 Å². The van der Waals surface area contributed by atoms with Gasteiger partial charge >= 0.3 is 0 Å². The van der Waals surface area contributed by atoms with Crippen LogP contribution in [-0.2, 0) is 0 Å². The highest BCUT2D eigenvalue weighted by Crippen LogP contribution is 2.34. The Morgan fingerprint density at radius 3 is 1.59 bits per heavy atom. The van der Waals surface area contributed by atoms with Crippen LogP contribution in [0.3, 0.4) is 0 Å². The highest BCUT2D eigenvalue weighted by Gasteiger charge is 2.15. The first-order chi connectivity index (χ1) is 15.5. The molecule has 158 valence electrons. The lowest BCUT2D eigenvalue weighted by Gasteiger charge is -2.13. The third-order valence-corrected chi connectivity index (χ3v) is 5.46. The number of rotatable bonds is 7. The maximum atomic E-state index is 12.9. The molecule has 4 N–H and O–H groups in total. The van der Waals surface area contributed by atoms with Gasteiger partial charge in [0.2, 0.25) is 0 Å². The van der Waals surface area contributed by atoms with Crippen molar-refractivity contribution in [2.75, 3.05) is 11.5 Å². The highest BCUT2D eigenvalue weighted by molar-refractivity contribution is 6.03. The summed E-state index contributed by atoms with van der Waals surface area (Å²) in [7, 11) is 0. The van der Waals surface area contributed by atoms with Crippen molar-refractivity contribution in [3.8, 4) is 22.3 Å². The van der Waals surface area contributed by atoms with E-state index < -0.39 is 0 Å². The Balaban J connectivity index is 1.64. The molecule has 4 heteroatoms. The van der Waals surface area contributed by atoms with E-state index in [0.29, 0.717) is 22.5 Å². The van der Waals surface area contributed by atoms with Crippen molar-refractivity contribution in [2.24, 2.45) is 0 Å². The minimum Gasteiger partial charge on any atom is -0.399 e. The molecule has 0 unspecified atom stereocenters. The van der Waals surface area contributed by atoms with Crippen molar-refractivity contribution in [2.45, 2.75) is 12.8 Å². The second kappa shape index (κ2) is 9.31. The zero-order valence-corrected chi connectivity index (χ0v) is 17.6. The molecule has 4 aromatic rings. The van der Waals surface area contributed by atoms with Crippen LogP contribution in [0.5, 0.6) is 0 Å². The summed E-state index contributed by atoms with van der Waals surface area (Å²) in [6.07, 6.45) is 0.343. The van der Waals surface area contributed by atoms with E-state index in [-0.39, 0.29) is 24.4 Å². The van der Waals surface area contributed by atoms with Crippen LogP contribution in [0.15, 0.2) is 97.1 Å². The quantitative estimate of drug-likeness (QED) is 0.282. The third kappa shape index (κ3) is 4.76. The van der Waals surface area contributed by atoms with E-state index in [4.69, 9.17) is 11.5 Å². The molecule has 4 nitrogen and oxygen atoms in total. The average molecular weight is 421 g/mol. The van der Waals surface area contributed by atoms with Crippen LogP contribution < -0.4 is 11.5 Å². The molecule has 0 fully saturated rings. The molecule has 4 rings (SSSR count). The van der Waals surface area contributed by atoms with Gasteiger partial charge in [-0.1, -0.05) is 66.7 Å². The minimum atomic E-state index is -0.0603. The van der Waals surface area contributed by atoms with E-state index in [1.165, 1.54) is 0 Å². The van der Waals surface area contributed by atoms with Crippen molar-refractivity contribution in [1.29, 1.82) is 0 Å². The van der Waals surface area contributed by atoms with E-state index in [1.807, 2.05) is 84.9 Å². The van der Waals surface area contributed by atoms with Gasteiger partial charge in [-0.3, -0.25) is 9.59 Å². The Hall–Kier alpha value is -4.18. The minimum absolute atomic E-state index is 0.0313. The number of carbonyl (C=O) groups excluding carboxylic acids is 2. The Morgan fingerprint density at radius 2 is 1.03 bits per heavy atom. The molecule has 0 saturated heterocycles. The van der Waals surface area contributed by atoms with E-state index in [9.17, 15) is 9.59 Å². The molecule has 0 aliphatic carbocycles. The smallest absolute Gasteiger partial charge is 0.163 e. The van der Waals surface area contributed by atoms with Gasteiger partial charge in [0.25, 0.3) is 0 Å². The summed E-state index contributed by atoms with van der Waals surface area (Å²) in [4.78, 5) is 25.3. The van der Waals surface area contributed by atoms with E-state index in [2.05, 4.69) is 0 Å².